The highest BCUT2D eigenvalue weighted by Gasteiger charge is 2.17. The van der Waals surface area contributed by atoms with Crippen LogP contribution in [0.3, 0.4) is 0 Å². The largest absolute Gasteiger partial charge is 0.385 e. The highest BCUT2D eigenvalue weighted by molar-refractivity contribution is 6.31. The summed E-state index contributed by atoms with van der Waals surface area (Å²) in [5.41, 5.74) is 2.36. The third-order valence-electron chi connectivity index (χ3n) is 3.40. The van der Waals surface area contributed by atoms with Crippen LogP contribution in [0.1, 0.15) is 26.7 Å². The minimum Gasteiger partial charge on any atom is -0.385 e. The molecule has 98 valence electrons. The van der Waals surface area contributed by atoms with Crippen LogP contribution in [0.15, 0.2) is 29.8 Å². The summed E-state index contributed by atoms with van der Waals surface area (Å²) in [5, 5.41) is 3.52. The van der Waals surface area contributed by atoms with Crippen molar-refractivity contribution >= 4 is 17.3 Å². The van der Waals surface area contributed by atoms with E-state index in [1.54, 1.807) is 12.1 Å². The fourth-order valence-corrected chi connectivity index (χ4v) is 2.89. The van der Waals surface area contributed by atoms with E-state index >= 15 is 0 Å². The van der Waals surface area contributed by atoms with Crippen LogP contribution in [0.2, 0.25) is 5.02 Å². The Bertz CT molecular complexity index is 456. The van der Waals surface area contributed by atoms with E-state index in [4.69, 9.17) is 11.6 Å². The predicted molar refractivity (Wildman–Crippen MR) is 75.5 cm³/mol. The van der Waals surface area contributed by atoms with Crippen LogP contribution in [-0.4, -0.2) is 6.54 Å². The van der Waals surface area contributed by atoms with Gasteiger partial charge in [0.2, 0.25) is 0 Å². The lowest BCUT2D eigenvalue weighted by Gasteiger charge is -2.26. The van der Waals surface area contributed by atoms with Gasteiger partial charge in [-0.2, -0.15) is 0 Å². The fraction of sp³-hybridized carbons (Fsp3) is 0.467. The molecule has 0 aliphatic heterocycles. The van der Waals surface area contributed by atoms with Gasteiger partial charge in [0.1, 0.15) is 5.82 Å². The van der Waals surface area contributed by atoms with Crippen molar-refractivity contribution in [3.63, 3.8) is 0 Å². The van der Waals surface area contributed by atoms with E-state index in [9.17, 15) is 4.39 Å². The molecule has 0 amide bonds. The summed E-state index contributed by atoms with van der Waals surface area (Å²) in [7, 11) is 0. The SMILES string of the molecule is CC1=CC(C)CC(CNc2ccc(F)c(Cl)c2)C1. The first-order valence-electron chi connectivity index (χ1n) is 6.41. The van der Waals surface area contributed by atoms with E-state index in [-0.39, 0.29) is 10.8 Å². The summed E-state index contributed by atoms with van der Waals surface area (Å²) in [5.74, 6) is 0.934. The zero-order chi connectivity index (χ0) is 13.1. The minimum atomic E-state index is -0.368. The number of halogens is 2. The van der Waals surface area contributed by atoms with Crippen molar-refractivity contribution in [2.24, 2.45) is 11.8 Å². The van der Waals surface area contributed by atoms with Gasteiger partial charge < -0.3 is 5.32 Å². The number of hydrogen-bond acceptors (Lipinski definition) is 1. The smallest absolute Gasteiger partial charge is 0.141 e. The maximum absolute atomic E-state index is 13.0. The van der Waals surface area contributed by atoms with Gasteiger partial charge in [0, 0.05) is 12.2 Å². The molecule has 0 bridgehead atoms. The van der Waals surface area contributed by atoms with Crippen LogP contribution in [0.4, 0.5) is 10.1 Å². The molecule has 0 fully saturated rings. The zero-order valence-corrected chi connectivity index (χ0v) is 11.6. The normalized spacial score (nSPS) is 23.7. The van der Waals surface area contributed by atoms with Gasteiger partial charge in [-0.05, 0) is 49.8 Å². The van der Waals surface area contributed by atoms with Crippen molar-refractivity contribution in [3.8, 4) is 0 Å². The molecule has 3 heteroatoms. The van der Waals surface area contributed by atoms with Crippen molar-refractivity contribution in [1.82, 2.24) is 0 Å². The Hall–Kier alpha value is -1.02. The van der Waals surface area contributed by atoms with E-state index in [2.05, 4.69) is 25.2 Å². The molecule has 0 radical (unpaired) electrons. The molecule has 0 saturated heterocycles. The summed E-state index contributed by atoms with van der Waals surface area (Å²) in [4.78, 5) is 0. The van der Waals surface area contributed by atoms with Crippen molar-refractivity contribution in [2.75, 3.05) is 11.9 Å². The standard InChI is InChI=1S/C15H19ClFN/c1-10-5-11(2)7-12(6-10)9-18-13-3-4-15(17)14(16)8-13/h3-5,8,10,12,18H,6-7,9H2,1-2H3. The average Bonchev–Trinajstić information content (AvgIpc) is 2.29. The zero-order valence-electron chi connectivity index (χ0n) is 10.8. The molecule has 18 heavy (non-hydrogen) atoms. The Balaban J connectivity index is 1.92. The molecule has 2 rings (SSSR count). The van der Waals surface area contributed by atoms with Crippen molar-refractivity contribution < 1.29 is 4.39 Å². The third kappa shape index (κ3) is 3.49. The summed E-state index contributed by atoms with van der Waals surface area (Å²) >= 11 is 5.76. The third-order valence-corrected chi connectivity index (χ3v) is 3.69. The average molecular weight is 268 g/mol. The number of rotatable bonds is 3. The molecule has 1 N–H and O–H groups in total. The minimum absolute atomic E-state index is 0.174. The molecule has 0 aromatic heterocycles. The van der Waals surface area contributed by atoms with Crippen LogP contribution < -0.4 is 5.32 Å². The van der Waals surface area contributed by atoms with Gasteiger partial charge in [-0.25, -0.2) is 4.39 Å². The van der Waals surface area contributed by atoms with Crippen LogP contribution in [0, 0.1) is 17.7 Å². The van der Waals surface area contributed by atoms with Gasteiger partial charge in [0.25, 0.3) is 0 Å². The van der Waals surface area contributed by atoms with E-state index in [1.165, 1.54) is 18.1 Å². The lowest BCUT2D eigenvalue weighted by molar-refractivity contribution is 0.421. The summed E-state index contributed by atoms with van der Waals surface area (Å²) in [6.07, 6.45) is 4.71. The van der Waals surface area contributed by atoms with Gasteiger partial charge in [-0.1, -0.05) is 30.2 Å². The molecule has 1 aromatic rings. The fourth-order valence-electron chi connectivity index (χ4n) is 2.71. The molecule has 1 nitrogen and oxygen atoms in total. The Morgan fingerprint density at radius 2 is 2.22 bits per heavy atom. The highest BCUT2D eigenvalue weighted by Crippen LogP contribution is 2.28. The monoisotopic (exact) mass is 267 g/mol. The van der Waals surface area contributed by atoms with Gasteiger partial charge in [-0.15, -0.1) is 0 Å². The van der Waals surface area contributed by atoms with Crippen molar-refractivity contribution in [1.29, 1.82) is 0 Å². The van der Waals surface area contributed by atoms with Crippen LogP contribution >= 0.6 is 11.6 Å². The number of benzene rings is 1. The highest BCUT2D eigenvalue weighted by atomic mass is 35.5. The Labute approximate surface area is 113 Å². The molecule has 1 aromatic carbocycles. The van der Waals surface area contributed by atoms with Crippen LogP contribution in [0.25, 0.3) is 0 Å². The molecule has 1 aliphatic rings. The second-order valence-electron chi connectivity index (χ2n) is 5.31. The number of anilines is 1. The maximum atomic E-state index is 13.0. The topological polar surface area (TPSA) is 12.0 Å². The van der Waals surface area contributed by atoms with E-state index in [0.717, 1.165) is 18.7 Å². The number of allylic oxidation sites excluding steroid dienone is 2. The molecule has 2 unspecified atom stereocenters. The van der Waals surface area contributed by atoms with Crippen molar-refractivity contribution in [3.05, 3.63) is 40.7 Å². The Kier molecular flexibility index (Phi) is 4.28. The molecular formula is C15H19ClFN. The lowest BCUT2D eigenvalue weighted by Crippen LogP contribution is -2.20. The predicted octanol–water partition coefficient (Wildman–Crippen LogP) is 4.88. The first kappa shape index (κ1) is 13.4. The second-order valence-corrected chi connectivity index (χ2v) is 5.71. The molecule has 0 spiro atoms. The molecule has 2 atom stereocenters. The first-order chi connectivity index (χ1) is 8.54. The van der Waals surface area contributed by atoms with Gasteiger partial charge >= 0.3 is 0 Å². The van der Waals surface area contributed by atoms with E-state index in [1.807, 2.05) is 0 Å². The molecular weight excluding hydrogens is 249 g/mol. The number of hydrogen-bond donors (Lipinski definition) is 1. The first-order valence-corrected chi connectivity index (χ1v) is 6.78. The summed E-state index contributed by atoms with van der Waals surface area (Å²) < 4.78 is 13.0. The van der Waals surface area contributed by atoms with E-state index in [0.29, 0.717) is 11.8 Å². The summed E-state index contributed by atoms with van der Waals surface area (Å²) in [6.45, 7) is 5.36. The van der Waals surface area contributed by atoms with Gasteiger partial charge in [0.15, 0.2) is 0 Å². The lowest BCUT2D eigenvalue weighted by atomic mass is 9.84. The van der Waals surface area contributed by atoms with Gasteiger partial charge in [-0.3, -0.25) is 0 Å². The Morgan fingerprint density at radius 3 is 2.89 bits per heavy atom. The number of nitrogens with one attached hydrogen (secondary N) is 1. The van der Waals surface area contributed by atoms with E-state index < -0.39 is 0 Å². The van der Waals surface area contributed by atoms with Crippen molar-refractivity contribution in [2.45, 2.75) is 26.7 Å². The van der Waals surface area contributed by atoms with Crippen LogP contribution in [-0.2, 0) is 0 Å². The second kappa shape index (κ2) is 5.75. The quantitative estimate of drug-likeness (QED) is 0.770. The molecule has 0 saturated carbocycles. The summed E-state index contributed by atoms with van der Waals surface area (Å²) in [6, 6.07) is 4.78. The van der Waals surface area contributed by atoms with Gasteiger partial charge in [0.05, 0.1) is 5.02 Å². The van der Waals surface area contributed by atoms with Crippen LogP contribution in [0.5, 0.6) is 0 Å². The Morgan fingerprint density at radius 1 is 1.44 bits per heavy atom. The maximum Gasteiger partial charge on any atom is 0.141 e. The molecule has 1 aliphatic carbocycles. The molecule has 0 heterocycles.